The number of carbonyl (C=O) groups excluding carboxylic acids is 1. The van der Waals surface area contributed by atoms with E-state index in [0.717, 1.165) is 18.9 Å². The summed E-state index contributed by atoms with van der Waals surface area (Å²) in [5.41, 5.74) is -0.241. The molecule has 1 amide bonds. The van der Waals surface area contributed by atoms with Crippen LogP contribution in [0.15, 0.2) is 17.0 Å². The SMILES string of the molecule is CCCC(CC)NC(=O)c1cc(S(N)(=O)=O)cc(F)c1Cl. The Morgan fingerprint density at radius 2 is 2.05 bits per heavy atom. The molecule has 118 valence electrons. The second kappa shape index (κ2) is 7.20. The molecule has 0 aliphatic carbocycles. The van der Waals surface area contributed by atoms with Gasteiger partial charge in [0.15, 0.2) is 0 Å². The third kappa shape index (κ3) is 4.66. The molecule has 8 heteroatoms. The maximum Gasteiger partial charge on any atom is 0.253 e. The molecule has 0 bridgehead atoms. The molecular weight excluding hydrogens is 319 g/mol. The Morgan fingerprint density at radius 3 is 2.52 bits per heavy atom. The van der Waals surface area contributed by atoms with Gasteiger partial charge >= 0.3 is 0 Å². The lowest BCUT2D eigenvalue weighted by molar-refractivity contribution is 0.0933. The molecule has 0 saturated heterocycles. The largest absolute Gasteiger partial charge is 0.349 e. The highest BCUT2D eigenvalue weighted by Crippen LogP contribution is 2.24. The first-order valence-corrected chi connectivity index (χ1v) is 8.45. The van der Waals surface area contributed by atoms with Crippen LogP contribution in [0.1, 0.15) is 43.5 Å². The Kier molecular flexibility index (Phi) is 6.12. The second-order valence-electron chi connectivity index (χ2n) is 4.68. The van der Waals surface area contributed by atoms with Gasteiger partial charge in [-0.3, -0.25) is 4.79 Å². The first-order chi connectivity index (χ1) is 9.70. The van der Waals surface area contributed by atoms with Crippen LogP contribution in [0.3, 0.4) is 0 Å². The van der Waals surface area contributed by atoms with Crippen molar-refractivity contribution in [2.24, 2.45) is 5.14 Å². The molecule has 1 aromatic rings. The van der Waals surface area contributed by atoms with E-state index in [-0.39, 0.29) is 11.6 Å². The molecule has 1 atom stereocenters. The van der Waals surface area contributed by atoms with Crippen molar-refractivity contribution in [2.45, 2.75) is 44.0 Å². The lowest BCUT2D eigenvalue weighted by Gasteiger charge is -2.17. The molecule has 1 aromatic carbocycles. The van der Waals surface area contributed by atoms with Gasteiger partial charge in [-0.15, -0.1) is 0 Å². The molecule has 5 nitrogen and oxygen atoms in total. The van der Waals surface area contributed by atoms with Crippen LogP contribution >= 0.6 is 11.6 Å². The summed E-state index contributed by atoms with van der Waals surface area (Å²) in [5, 5.41) is 7.23. The lowest BCUT2D eigenvalue weighted by atomic mass is 10.1. The molecule has 0 radical (unpaired) electrons. The van der Waals surface area contributed by atoms with E-state index in [1.54, 1.807) is 0 Å². The third-order valence-corrected chi connectivity index (χ3v) is 4.32. The first kappa shape index (κ1) is 17.9. The molecular formula is C13H18ClFN2O3S. The third-order valence-electron chi connectivity index (χ3n) is 3.04. The summed E-state index contributed by atoms with van der Waals surface area (Å²) >= 11 is 5.74. The minimum Gasteiger partial charge on any atom is -0.349 e. The molecule has 0 fully saturated rings. The summed E-state index contributed by atoms with van der Waals surface area (Å²) in [4.78, 5) is 11.7. The highest BCUT2D eigenvalue weighted by molar-refractivity contribution is 7.89. The zero-order valence-corrected chi connectivity index (χ0v) is 13.4. The Hall–Kier alpha value is -1.18. The molecule has 0 aliphatic rings. The average molecular weight is 337 g/mol. The van der Waals surface area contributed by atoms with Crippen molar-refractivity contribution >= 4 is 27.5 Å². The number of benzene rings is 1. The number of sulfonamides is 1. The van der Waals surface area contributed by atoms with Gasteiger partial charge in [-0.1, -0.05) is 31.9 Å². The van der Waals surface area contributed by atoms with Gasteiger partial charge in [-0.05, 0) is 25.0 Å². The maximum atomic E-state index is 13.7. The number of halogens is 2. The van der Waals surface area contributed by atoms with Gasteiger partial charge in [0.2, 0.25) is 10.0 Å². The van der Waals surface area contributed by atoms with Gasteiger partial charge in [-0.25, -0.2) is 17.9 Å². The number of primary sulfonamides is 1. The highest BCUT2D eigenvalue weighted by Gasteiger charge is 2.21. The van der Waals surface area contributed by atoms with Crippen LogP contribution in [0.25, 0.3) is 0 Å². The van der Waals surface area contributed by atoms with Crippen LogP contribution in [-0.4, -0.2) is 20.4 Å². The van der Waals surface area contributed by atoms with Gasteiger partial charge < -0.3 is 5.32 Å². The Labute approximate surface area is 128 Å². The molecule has 0 spiro atoms. The highest BCUT2D eigenvalue weighted by atomic mass is 35.5. The van der Waals surface area contributed by atoms with E-state index in [9.17, 15) is 17.6 Å². The van der Waals surface area contributed by atoms with Crippen molar-refractivity contribution in [3.8, 4) is 0 Å². The zero-order chi connectivity index (χ0) is 16.2. The van der Waals surface area contributed by atoms with E-state index in [0.29, 0.717) is 12.5 Å². The molecule has 1 unspecified atom stereocenters. The van der Waals surface area contributed by atoms with Gasteiger partial charge in [0.1, 0.15) is 5.82 Å². The number of hydrogen-bond donors (Lipinski definition) is 2. The standard InChI is InChI=1S/C13H18ClFN2O3S/c1-3-5-8(4-2)17-13(18)10-6-9(21(16,19)20)7-11(15)12(10)14/h6-8H,3-5H2,1-2H3,(H,17,18)(H2,16,19,20). The van der Waals surface area contributed by atoms with Crippen molar-refractivity contribution in [2.75, 3.05) is 0 Å². The molecule has 0 aromatic heterocycles. The van der Waals surface area contributed by atoms with Crippen molar-refractivity contribution in [1.29, 1.82) is 0 Å². The predicted molar refractivity (Wildman–Crippen MR) is 79.2 cm³/mol. The summed E-state index contributed by atoms with van der Waals surface area (Å²) < 4.78 is 36.2. The second-order valence-corrected chi connectivity index (χ2v) is 6.62. The van der Waals surface area contributed by atoms with Crippen molar-refractivity contribution in [1.82, 2.24) is 5.32 Å². The molecule has 21 heavy (non-hydrogen) atoms. The van der Waals surface area contributed by atoms with Gasteiger partial charge in [0.25, 0.3) is 5.91 Å². The Bertz CT molecular complexity index is 635. The normalized spacial score (nSPS) is 13.0. The topological polar surface area (TPSA) is 89.3 Å². The fourth-order valence-corrected chi connectivity index (χ4v) is 2.63. The fourth-order valence-electron chi connectivity index (χ4n) is 1.88. The van der Waals surface area contributed by atoms with Gasteiger partial charge in [0.05, 0.1) is 15.5 Å². The van der Waals surface area contributed by atoms with Crippen LogP contribution in [0.4, 0.5) is 4.39 Å². The number of nitrogens with one attached hydrogen (secondary N) is 1. The summed E-state index contributed by atoms with van der Waals surface area (Å²) in [5.74, 6) is -1.62. The van der Waals surface area contributed by atoms with Crippen LogP contribution in [0, 0.1) is 5.82 Å². The maximum absolute atomic E-state index is 13.7. The van der Waals surface area contributed by atoms with E-state index >= 15 is 0 Å². The van der Waals surface area contributed by atoms with Crippen LogP contribution < -0.4 is 10.5 Å². The van der Waals surface area contributed by atoms with Gasteiger partial charge in [-0.2, -0.15) is 0 Å². The average Bonchev–Trinajstić information content (AvgIpc) is 2.39. The molecule has 0 heterocycles. The molecule has 0 aliphatic heterocycles. The minimum absolute atomic E-state index is 0.0835. The van der Waals surface area contributed by atoms with E-state index in [1.807, 2.05) is 13.8 Å². The summed E-state index contributed by atoms with van der Waals surface area (Å²) in [6.07, 6.45) is 2.34. The molecule has 0 saturated carbocycles. The summed E-state index contributed by atoms with van der Waals surface area (Å²) in [6, 6.07) is 1.59. The van der Waals surface area contributed by atoms with Crippen LogP contribution in [-0.2, 0) is 10.0 Å². The van der Waals surface area contributed by atoms with Crippen molar-refractivity contribution in [3.05, 3.63) is 28.5 Å². The zero-order valence-electron chi connectivity index (χ0n) is 11.8. The minimum atomic E-state index is -4.12. The first-order valence-electron chi connectivity index (χ1n) is 6.53. The monoisotopic (exact) mass is 336 g/mol. The lowest BCUT2D eigenvalue weighted by Crippen LogP contribution is -2.34. The van der Waals surface area contributed by atoms with Crippen LogP contribution in [0.2, 0.25) is 5.02 Å². The van der Waals surface area contributed by atoms with E-state index < -0.39 is 31.7 Å². The number of nitrogens with two attached hydrogens (primary N) is 1. The van der Waals surface area contributed by atoms with Crippen LogP contribution in [0.5, 0.6) is 0 Å². The van der Waals surface area contributed by atoms with E-state index in [4.69, 9.17) is 16.7 Å². The fraction of sp³-hybridized carbons (Fsp3) is 0.462. The predicted octanol–water partition coefficient (Wildman–Crippen LogP) is 2.43. The summed E-state index contributed by atoms with van der Waals surface area (Å²) in [7, 11) is -4.12. The van der Waals surface area contributed by atoms with E-state index in [1.165, 1.54) is 0 Å². The van der Waals surface area contributed by atoms with E-state index in [2.05, 4.69) is 5.32 Å². The number of hydrogen-bond acceptors (Lipinski definition) is 3. The Balaban J connectivity index is 3.17. The number of amides is 1. The number of rotatable bonds is 6. The summed E-state index contributed by atoms with van der Waals surface area (Å²) in [6.45, 7) is 3.88. The van der Waals surface area contributed by atoms with Gasteiger partial charge in [0, 0.05) is 6.04 Å². The Morgan fingerprint density at radius 1 is 1.43 bits per heavy atom. The smallest absolute Gasteiger partial charge is 0.253 e. The molecule has 1 rings (SSSR count). The van der Waals surface area contributed by atoms with Crippen molar-refractivity contribution in [3.63, 3.8) is 0 Å². The van der Waals surface area contributed by atoms with Crippen molar-refractivity contribution < 1.29 is 17.6 Å². The quantitative estimate of drug-likeness (QED) is 0.836. The number of carbonyl (C=O) groups is 1. The molecule has 3 N–H and O–H groups in total.